The molecule has 0 aliphatic rings. The molecule has 0 aliphatic carbocycles. The van der Waals surface area contributed by atoms with Gasteiger partial charge in [0.05, 0.1) is 0 Å². The van der Waals surface area contributed by atoms with Crippen LogP contribution >= 0.6 is 0 Å². The number of nitrogens with zero attached hydrogens (tertiary/aromatic N) is 3. The summed E-state index contributed by atoms with van der Waals surface area (Å²) in [4.78, 5) is 8.20. The number of benzene rings is 1. The van der Waals surface area contributed by atoms with Crippen LogP contribution in [0.4, 0.5) is 5.82 Å². The Kier molecular flexibility index (Phi) is 2.52. The molecule has 2 aromatic rings. The third kappa shape index (κ3) is 1.98. The van der Waals surface area contributed by atoms with E-state index >= 15 is 0 Å². The van der Waals surface area contributed by atoms with Gasteiger partial charge in [-0.15, -0.1) is 0 Å². The van der Waals surface area contributed by atoms with Crippen molar-refractivity contribution in [3.63, 3.8) is 0 Å². The fourth-order valence-corrected chi connectivity index (χ4v) is 1.36. The highest BCUT2D eigenvalue weighted by molar-refractivity contribution is 5.58. The first-order valence-corrected chi connectivity index (χ1v) is 4.81. The van der Waals surface area contributed by atoms with Crippen LogP contribution in [0.2, 0.25) is 0 Å². The molecule has 0 fully saturated rings. The Labute approximate surface area is 93.4 Å². The van der Waals surface area contributed by atoms with Crippen LogP contribution in [0.5, 0.6) is 0 Å². The van der Waals surface area contributed by atoms with E-state index in [-0.39, 0.29) is 5.69 Å². The Hall–Kier alpha value is -2.41. The fourth-order valence-electron chi connectivity index (χ4n) is 1.36. The first-order chi connectivity index (χ1) is 7.69. The summed E-state index contributed by atoms with van der Waals surface area (Å²) in [6.45, 7) is 2.00. The summed E-state index contributed by atoms with van der Waals surface area (Å²) in [5, 5.41) is 8.78. The first-order valence-electron chi connectivity index (χ1n) is 4.81. The van der Waals surface area contributed by atoms with Crippen LogP contribution in [-0.4, -0.2) is 9.97 Å². The minimum atomic E-state index is 0.281. The fraction of sp³-hybridized carbons (Fsp3) is 0.0833. The highest BCUT2D eigenvalue weighted by atomic mass is 14.9. The summed E-state index contributed by atoms with van der Waals surface area (Å²) in [6, 6.07) is 11.2. The van der Waals surface area contributed by atoms with Gasteiger partial charge in [-0.3, -0.25) is 0 Å². The van der Waals surface area contributed by atoms with E-state index in [1.165, 1.54) is 6.07 Å². The normalized spacial score (nSPS) is 9.75. The van der Waals surface area contributed by atoms with Crippen molar-refractivity contribution in [1.82, 2.24) is 9.97 Å². The molecule has 0 aliphatic heterocycles. The van der Waals surface area contributed by atoms with E-state index in [0.717, 1.165) is 11.1 Å². The van der Waals surface area contributed by atoms with Crippen molar-refractivity contribution in [3.05, 3.63) is 41.6 Å². The van der Waals surface area contributed by atoms with E-state index in [1.54, 1.807) is 0 Å². The van der Waals surface area contributed by atoms with Gasteiger partial charge in [-0.2, -0.15) is 5.26 Å². The molecule has 0 bridgehead atoms. The molecule has 0 radical (unpaired) electrons. The van der Waals surface area contributed by atoms with Gasteiger partial charge in [0.25, 0.3) is 0 Å². The lowest BCUT2D eigenvalue weighted by Crippen LogP contribution is -1.98. The summed E-state index contributed by atoms with van der Waals surface area (Å²) < 4.78 is 0. The molecule has 1 aromatic heterocycles. The van der Waals surface area contributed by atoms with Crippen molar-refractivity contribution in [2.45, 2.75) is 6.92 Å². The topological polar surface area (TPSA) is 75.6 Å². The third-order valence-corrected chi connectivity index (χ3v) is 2.17. The molecule has 2 N–H and O–H groups in total. The molecule has 0 unspecified atom stereocenters. The summed E-state index contributed by atoms with van der Waals surface area (Å²) >= 11 is 0. The quantitative estimate of drug-likeness (QED) is 0.780. The molecule has 0 saturated carbocycles. The van der Waals surface area contributed by atoms with Crippen molar-refractivity contribution in [1.29, 1.82) is 5.26 Å². The van der Waals surface area contributed by atoms with Crippen LogP contribution in [0.15, 0.2) is 30.3 Å². The molecule has 0 spiro atoms. The van der Waals surface area contributed by atoms with Gasteiger partial charge < -0.3 is 5.73 Å². The van der Waals surface area contributed by atoms with E-state index in [0.29, 0.717) is 11.6 Å². The Morgan fingerprint density at radius 2 is 1.88 bits per heavy atom. The molecule has 0 atom stereocenters. The molecule has 4 nitrogen and oxygen atoms in total. The van der Waals surface area contributed by atoms with Crippen LogP contribution in [-0.2, 0) is 0 Å². The van der Waals surface area contributed by atoms with Gasteiger partial charge in [0, 0.05) is 11.6 Å². The van der Waals surface area contributed by atoms with Crippen LogP contribution in [0.3, 0.4) is 0 Å². The zero-order valence-corrected chi connectivity index (χ0v) is 8.81. The molecular formula is C12H10N4. The number of hydrogen-bond donors (Lipinski definition) is 1. The molecule has 2 rings (SSSR count). The number of hydrogen-bond acceptors (Lipinski definition) is 4. The monoisotopic (exact) mass is 210 g/mol. The average Bonchev–Trinajstić information content (AvgIpc) is 2.29. The first kappa shape index (κ1) is 10.1. The van der Waals surface area contributed by atoms with Crippen LogP contribution in [0.1, 0.15) is 11.3 Å². The number of aryl methyl sites for hydroxylation is 1. The summed E-state index contributed by atoms with van der Waals surface area (Å²) in [5.74, 6) is 0.790. The van der Waals surface area contributed by atoms with Crippen LogP contribution < -0.4 is 5.73 Å². The Bertz CT molecular complexity index is 552. The predicted octanol–water partition coefficient (Wildman–Crippen LogP) is 1.91. The van der Waals surface area contributed by atoms with Gasteiger partial charge in [-0.25, -0.2) is 9.97 Å². The minimum Gasteiger partial charge on any atom is -0.384 e. The van der Waals surface area contributed by atoms with Gasteiger partial charge in [0.2, 0.25) is 0 Å². The lowest BCUT2D eigenvalue weighted by Gasteiger charge is -2.02. The largest absolute Gasteiger partial charge is 0.384 e. The van der Waals surface area contributed by atoms with Crippen molar-refractivity contribution < 1.29 is 0 Å². The zero-order valence-electron chi connectivity index (χ0n) is 8.81. The van der Waals surface area contributed by atoms with Crippen LogP contribution in [0, 0.1) is 18.3 Å². The van der Waals surface area contributed by atoms with Gasteiger partial charge in [-0.05, 0) is 6.92 Å². The predicted molar refractivity (Wildman–Crippen MR) is 61.3 cm³/mol. The Balaban J connectivity index is 2.52. The molecule has 4 heteroatoms. The highest BCUT2D eigenvalue weighted by Crippen LogP contribution is 2.17. The third-order valence-electron chi connectivity index (χ3n) is 2.17. The standard InChI is InChI=1S/C12H10N4/c1-8-2-4-9(5-3-8)12-15-10(7-13)6-11(14)16-12/h2-6H,1H3,(H2,14,15,16). The Morgan fingerprint density at radius 3 is 2.50 bits per heavy atom. The van der Waals surface area contributed by atoms with Crippen LogP contribution in [0.25, 0.3) is 11.4 Å². The van der Waals surface area contributed by atoms with E-state index in [4.69, 9.17) is 11.0 Å². The number of nitrogen functional groups attached to an aromatic ring is 1. The molecule has 78 valence electrons. The molecule has 1 aromatic carbocycles. The minimum absolute atomic E-state index is 0.281. The maximum absolute atomic E-state index is 8.78. The summed E-state index contributed by atoms with van der Waals surface area (Å²) in [7, 11) is 0. The van der Waals surface area contributed by atoms with Crippen molar-refractivity contribution in [2.75, 3.05) is 5.73 Å². The molecular weight excluding hydrogens is 200 g/mol. The summed E-state index contributed by atoms with van der Waals surface area (Å²) in [6.07, 6.45) is 0. The molecule has 1 heterocycles. The van der Waals surface area contributed by atoms with Gasteiger partial charge >= 0.3 is 0 Å². The second kappa shape index (κ2) is 3.99. The van der Waals surface area contributed by atoms with Crippen molar-refractivity contribution >= 4 is 5.82 Å². The SMILES string of the molecule is Cc1ccc(-c2nc(N)cc(C#N)n2)cc1. The smallest absolute Gasteiger partial charge is 0.162 e. The second-order valence-corrected chi connectivity index (χ2v) is 3.48. The lowest BCUT2D eigenvalue weighted by molar-refractivity contribution is 1.15. The number of nitrogens with two attached hydrogens (primary N) is 1. The second-order valence-electron chi connectivity index (χ2n) is 3.48. The van der Waals surface area contributed by atoms with Gasteiger partial charge in [-0.1, -0.05) is 29.8 Å². The van der Waals surface area contributed by atoms with E-state index in [2.05, 4.69) is 9.97 Å². The highest BCUT2D eigenvalue weighted by Gasteiger charge is 2.04. The number of aromatic nitrogens is 2. The molecule has 16 heavy (non-hydrogen) atoms. The number of rotatable bonds is 1. The van der Waals surface area contributed by atoms with Crippen molar-refractivity contribution in [2.24, 2.45) is 0 Å². The molecule has 0 amide bonds. The number of anilines is 1. The summed E-state index contributed by atoms with van der Waals surface area (Å²) in [5.41, 5.74) is 7.90. The molecule has 0 saturated heterocycles. The van der Waals surface area contributed by atoms with E-state index in [9.17, 15) is 0 Å². The average molecular weight is 210 g/mol. The van der Waals surface area contributed by atoms with E-state index < -0.39 is 0 Å². The van der Waals surface area contributed by atoms with Gasteiger partial charge in [0.1, 0.15) is 17.6 Å². The van der Waals surface area contributed by atoms with Gasteiger partial charge in [0.15, 0.2) is 5.82 Å². The lowest BCUT2D eigenvalue weighted by atomic mass is 10.1. The maximum atomic E-state index is 8.78. The maximum Gasteiger partial charge on any atom is 0.162 e. The van der Waals surface area contributed by atoms with E-state index in [1.807, 2.05) is 37.3 Å². The van der Waals surface area contributed by atoms with Crippen molar-refractivity contribution in [3.8, 4) is 17.5 Å². The Morgan fingerprint density at radius 1 is 1.19 bits per heavy atom. The number of nitriles is 1. The zero-order chi connectivity index (χ0) is 11.5.